The average Bonchev–Trinajstić information content (AvgIpc) is 3.08. The van der Waals surface area contributed by atoms with Gasteiger partial charge in [-0.1, -0.05) is 0 Å². The molecule has 2 aromatic heterocycles. The summed E-state index contributed by atoms with van der Waals surface area (Å²) in [6, 6.07) is 4.58. The number of rotatable bonds is 3. The molecular weight excluding hydrogens is 361 g/mol. The van der Waals surface area contributed by atoms with Crippen LogP contribution in [-0.2, 0) is 0 Å². The maximum Gasteiger partial charge on any atom is 0.251 e. The zero-order chi connectivity index (χ0) is 19.8. The van der Waals surface area contributed by atoms with Crippen molar-refractivity contribution in [1.82, 2.24) is 30.4 Å². The normalized spacial score (nSPS) is 19.7. The molecule has 1 aromatic carbocycles. The van der Waals surface area contributed by atoms with Gasteiger partial charge in [0.05, 0.1) is 11.4 Å². The highest BCUT2D eigenvalue weighted by Gasteiger charge is 2.28. The minimum Gasteiger partial charge on any atom is -0.383 e. The van der Waals surface area contributed by atoms with E-state index in [2.05, 4.69) is 27.5 Å². The first-order valence-corrected chi connectivity index (χ1v) is 9.25. The second kappa shape index (κ2) is 7.16. The van der Waals surface area contributed by atoms with E-state index in [1.165, 1.54) is 19.4 Å². The number of fused-ring (bicyclic) bond motifs is 1. The molecule has 28 heavy (non-hydrogen) atoms. The molecule has 2 atom stereocenters. The molecule has 8 nitrogen and oxygen atoms in total. The van der Waals surface area contributed by atoms with Crippen LogP contribution in [-0.4, -0.2) is 45.3 Å². The number of nitrogens with zero attached hydrogens (tertiary/aromatic N) is 4. The first-order valence-electron chi connectivity index (χ1n) is 9.25. The van der Waals surface area contributed by atoms with E-state index >= 15 is 0 Å². The second-order valence-corrected chi connectivity index (χ2v) is 6.98. The third-order valence-electron chi connectivity index (χ3n) is 5.27. The summed E-state index contributed by atoms with van der Waals surface area (Å²) in [7, 11) is 1.50. The largest absolute Gasteiger partial charge is 0.383 e. The van der Waals surface area contributed by atoms with Crippen LogP contribution < -0.4 is 16.4 Å². The Kier molecular flexibility index (Phi) is 4.68. The number of aromatic nitrogens is 4. The first-order chi connectivity index (χ1) is 13.5. The number of halogens is 1. The molecule has 1 aliphatic heterocycles. The summed E-state index contributed by atoms with van der Waals surface area (Å²) < 4.78 is 16.7. The number of carbonyl (C=O) groups excluding carboxylic acids is 1. The van der Waals surface area contributed by atoms with E-state index in [1.807, 2.05) is 4.68 Å². The molecule has 1 aliphatic rings. The van der Waals surface area contributed by atoms with Gasteiger partial charge in [-0.15, -0.1) is 0 Å². The smallest absolute Gasteiger partial charge is 0.251 e. The summed E-state index contributed by atoms with van der Waals surface area (Å²) in [5.74, 6) is -0.658. The number of nitrogens with one attached hydrogen (secondary N) is 2. The Bertz CT molecular complexity index is 1050. The van der Waals surface area contributed by atoms with Gasteiger partial charge in [0.1, 0.15) is 23.7 Å². The molecule has 9 heteroatoms. The van der Waals surface area contributed by atoms with Crippen LogP contribution in [0.3, 0.4) is 0 Å². The van der Waals surface area contributed by atoms with E-state index in [0.717, 1.165) is 19.4 Å². The Labute approximate surface area is 161 Å². The Morgan fingerprint density at radius 1 is 1.39 bits per heavy atom. The maximum absolute atomic E-state index is 14.9. The molecule has 1 fully saturated rings. The number of benzene rings is 1. The van der Waals surface area contributed by atoms with Gasteiger partial charge in [0.2, 0.25) is 0 Å². The van der Waals surface area contributed by atoms with Gasteiger partial charge in [-0.25, -0.2) is 19.0 Å². The topological polar surface area (TPSA) is 111 Å². The number of nitrogen functional groups attached to an aromatic ring is 1. The van der Waals surface area contributed by atoms with Gasteiger partial charge in [-0.3, -0.25) is 4.79 Å². The quantitative estimate of drug-likeness (QED) is 0.637. The summed E-state index contributed by atoms with van der Waals surface area (Å²) in [5, 5.41) is 11.2. The number of piperidine rings is 1. The lowest BCUT2D eigenvalue weighted by Gasteiger charge is -2.30. The summed E-state index contributed by atoms with van der Waals surface area (Å²) in [4.78, 5) is 20.2. The molecule has 0 saturated carbocycles. The van der Waals surface area contributed by atoms with Crippen LogP contribution in [0.25, 0.3) is 22.3 Å². The molecule has 1 amide bonds. The third kappa shape index (κ3) is 2.97. The first kappa shape index (κ1) is 18.3. The fourth-order valence-electron chi connectivity index (χ4n) is 3.77. The maximum atomic E-state index is 14.9. The van der Waals surface area contributed by atoms with Crippen LogP contribution in [0, 0.1) is 5.82 Å². The van der Waals surface area contributed by atoms with Gasteiger partial charge >= 0.3 is 0 Å². The summed E-state index contributed by atoms with van der Waals surface area (Å²) >= 11 is 0. The van der Waals surface area contributed by atoms with Crippen molar-refractivity contribution in [1.29, 1.82) is 0 Å². The van der Waals surface area contributed by atoms with Crippen molar-refractivity contribution in [3.8, 4) is 11.3 Å². The Hall–Kier alpha value is -3.07. The Balaban J connectivity index is 1.89. The van der Waals surface area contributed by atoms with Crippen molar-refractivity contribution < 1.29 is 9.18 Å². The van der Waals surface area contributed by atoms with E-state index in [0.29, 0.717) is 16.7 Å². The molecule has 4 N–H and O–H groups in total. The lowest BCUT2D eigenvalue weighted by molar-refractivity contribution is 0.0962. The van der Waals surface area contributed by atoms with Crippen LogP contribution in [0.15, 0.2) is 24.5 Å². The molecular formula is C19H22FN7O. The van der Waals surface area contributed by atoms with Crippen molar-refractivity contribution >= 4 is 22.8 Å². The number of nitrogens with two attached hydrogens (primary N) is 1. The van der Waals surface area contributed by atoms with Gasteiger partial charge < -0.3 is 16.4 Å². The summed E-state index contributed by atoms with van der Waals surface area (Å²) in [6.07, 6.45) is 3.35. The molecule has 0 aliphatic carbocycles. The molecule has 0 radical (unpaired) electrons. The van der Waals surface area contributed by atoms with Gasteiger partial charge in [0.15, 0.2) is 5.65 Å². The van der Waals surface area contributed by atoms with E-state index in [4.69, 9.17) is 10.8 Å². The molecule has 146 valence electrons. The fraction of sp³-hybridized carbons (Fsp3) is 0.368. The minimum atomic E-state index is -0.550. The lowest BCUT2D eigenvalue weighted by atomic mass is 10.0. The van der Waals surface area contributed by atoms with E-state index in [1.54, 1.807) is 12.1 Å². The van der Waals surface area contributed by atoms with Crippen molar-refractivity contribution in [2.75, 3.05) is 19.3 Å². The molecule has 3 aromatic rings. The fourth-order valence-corrected chi connectivity index (χ4v) is 3.77. The van der Waals surface area contributed by atoms with Crippen molar-refractivity contribution in [2.24, 2.45) is 0 Å². The summed E-state index contributed by atoms with van der Waals surface area (Å²) in [5.41, 5.74) is 7.57. The number of hydrogen-bond acceptors (Lipinski definition) is 6. The van der Waals surface area contributed by atoms with Gasteiger partial charge in [-0.05, 0) is 44.5 Å². The van der Waals surface area contributed by atoms with Gasteiger partial charge in [-0.2, -0.15) is 5.10 Å². The van der Waals surface area contributed by atoms with Gasteiger partial charge in [0.25, 0.3) is 5.91 Å². The molecule has 1 unspecified atom stereocenters. The van der Waals surface area contributed by atoms with Crippen LogP contribution in [0.2, 0.25) is 0 Å². The van der Waals surface area contributed by atoms with Crippen LogP contribution in [0.1, 0.15) is 36.2 Å². The summed E-state index contributed by atoms with van der Waals surface area (Å²) in [6.45, 7) is 3.05. The molecule has 0 bridgehead atoms. The Morgan fingerprint density at radius 2 is 2.21 bits per heavy atom. The highest BCUT2D eigenvalue weighted by molar-refractivity contribution is 5.99. The van der Waals surface area contributed by atoms with Crippen LogP contribution in [0.4, 0.5) is 10.2 Å². The van der Waals surface area contributed by atoms with Crippen LogP contribution >= 0.6 is 0 Å². The predicted octanol–water partition coefficient (Wildman–Crippen LogP) is 1.89. The monoisotopic (exact) mass is 383 g/mol. The second-order valence-electron chi connectivity index (χ2n) is 6.98. The van der Waals surface area contributed by atoms with Crippen molar-refractivity contribution in [3.63, 3.8) is 0 Å². The van der Waals surface area contributed by atoms with Crippen LogP contribution in [0.5, 0.6) is 0 Å². The molecule has 1 saturated heterocycles. The zero-order valence-corrected chi connectivity index (χ0v) is 15.7. The van der Waals surface area contributed by atoms with E-state index < -0.39 is 5.82 Å². The SMILES string of the molecule is CNC(=O)c1ccc(-c2nn(C3CCCN[C@@H]3C)c3ncnc(N)c23)c(F)c1. The minimum absolute atomic E-state index is 0.0764. The third-order valence-corrected chi connectivity index (χ3v) is 5.27. The molecule has 0 spiro atoms. The highest BCUT2D eigenvalue weighted by atomic mass is 19.1. The molecule has 4 rings (SSSR count). The molecule has 3 heterocycles. The van der Waals surface area contributed by atoms with Crippen molar-refractivity contribution in [3.05, 3.63) is 35.9 Å². The lowest BCUT2D eigenvalue weighted by Crippen LogP contribution is -2.40. The Morgan fingerprint density at radius 3 is 2.93 bits per heavy atom. The predicted molar refractivity (Wildman–Crippen MR) is 104 cm³/mol. The number of hydrogen-bond donors (Lipinski definition) is 3. The van der Waals surface area contributed by atoms with Gasteiger partial charge in [0, 0.05) is 24.2 Å². The number of carbonyl (C=O) groups is 1. The van der Waals surface area contributed by atoms with E-state index in [9.17, 15) is 9.18 Å². The highest BCUT2D eigenvalue weighted by Crippen LogP contribution is 2.35. The van der Waals surface area contributed by atoms with Crippen molar-refractivity contribution in [2.45, 2.75) is 31.8 Å². The number of anilines is 1. The zero-order valence-electron chi connectivity index (χ0n) is 15.7. The standard InChI is InChI=1S/C19H22FN7O/c1-10-14(4-3-7-23-10)27-18-15(17(21)24-9-25-18)16(26-27)12-6-5-11(8-13(12)20)19(28)22-2/h5-6,8-10,14,23H,3-4,7H2,1-2H3,(H,22,28)(H2,21,24,25)/t10-,14?/m1/s1. The van der Waals surface area contributed by atoms with E-state index in [-0.39, 0.29) is 34.9 Å². The average molecular weight is 383 g/mol. The number of amides is 1.